The zero-order chi connectivity index (χ0) is 24.3. The lowest BCUT2D eigenvalue weighted by Gasteiger charge is -2.20. The van der Waals surface area contributed by atoms with Crippen molar-refractivity contribution in [1.29, 1.82) is 0 Å². The second kappa shape index (κ2) is 9.84. The van der Waals surface area contributed by atoms with E-state index < -0.39 is 25.0 Å². The first-order chi connectivity index (χ1) is 14.9. The van der Waals surface area contributed by atoms with E-state index in [1.165, 1.54) is 28.6 Å². The Labute approximate surface area is 188 Å². The van der Waals surface area contributed by atoms with Crippen LogP contribution in [0.4, 0.5) is 11.4 Å². The topological polar surface area (TPSA) is 136 Å². The predicted octanol–water partition coefficient (Wildman–Crippen LogP) is 3.44. The fraction of sp³-hybridized carbons (Fsp3) is 0.400. The number of hydrogen-bond acceptors (Lipinski definition) is 7. The highest BCUT2D eigenvalue weighted by atomic mass is 32.2. The lowest BCUT2D eigenvalue weighted by molar-refractivity contribution is -0.385. The zero-order valence-corrected chi connectivity index (χ0v) is 20.2. The summed E-state index contributed by atoms with van der Waals surface area (Å²) < 4.78 is 61.2. The third kappa shape index (κ3) is 5.19. The van der Waals surface area contributed by atoms with Crippen molar-refractivity contribution in [2.45, 2.75) is 44.4 Å². The molecule has 0 bridgehead atoms. The molecule has 2 rings (SSSR count). The molecule has 0 fully saturated rings. The summed E-state index contributed by atoms with van der Waals surface area (Å²) in [6.45, 7) is 8.93. The molecule has 2 aromatic rings. The van der Waals surface area contributed by atoms with Crippen molar-refractivity contribution < 1.29 is 26.5 Å². The smallest absolute Gasteiger partial charge is 0.271 e. The fourth-order valence-electron chi connectivity index (χ4n) is 3.14. The molecule has 0 unspecified atom stereocenters. The van der Waals surface area contributed by atoms with Gasteiger partial charge in [0.25, 0.3) is 15.7 Å². The average molecular weight is 486 g/mol. The number of anilines is 1. The van der Waals surface area contributed by atoms with Crippen molar-refractivity contribution in [2.75, 3.05) is 24.4 Å². The molecule has 0 aliphatic heterocycles. The Bertz CT molecular complexity index is 1220. The minimum absolute atomic E-state index is 0.0800. The van der Waals surface area contributed by atoms with Crippen LogP contribution in [-0.4, -0.2) is 45.8 Å². The summed E-state index contributed by atoms with van der Waals surface area (Å²) in [5.41, 5.74) is 0.329. The minimum atomic E-state index is -4.30. The van der Waals surface area contributed by atoms with E-state index in [4.69, 9.17) is 4.74 Å². The third-order valence-corrected chi connectivity index (χ3v) is 8.48. The van der Waals surface area contributed by atoms with Crippen LogP contribution in [0.15, 0.2) is 40.1 Å². The summed E-state index contributed by atoms with van der Waals surface area (Å²) in [5, 5.41) is 11.2. The highest BCUT2D eigenvalue weighted by Crippen LogP contribution is 2.33. The van der Waals surface area contributed by atoms with Gasteiger partial charge in [0.15, 0.2) is 0 Å². The third-order valence-electron chi connectivity index (χ3n) is 4.94. The lowest BCUT2D eigenvalue weighted by Crippen LogP contribution is -2.30. The number of nitrogens with zero attached hydrogens (tertiary/aromatic N) is 2. The number of benzene rings is 2. The number of sulfonamides is 2. The van der Waals surface area contributed by atoms with E-state index in [-0.39, 0.29) is 46.6 Å². The summed E-state index contributed by atoms with van der Waals surface area (Å²) in [7, 11) is -8.15. The molecule has 0 amide bonds. The van der Waals surface area contributed by atoms with Crippen LogP contribution in [-0.2, 0) is 20.0 Å². The molecule has 0 spiro atoms. The maximum absolute atomic E-state index is 13.2. The van der Waals surface area contributed by atoms with Crippen molar-refractivity contribution in [3.8, 4) is 5.75 Å². The van der Waals surface area contributed by atoms with Gasteiger partial charge in [-0.1, -0.05) is 13.8 Å². The van der Waals surface area contributed by atoms with Crippen LogP contribution in [0.3, 0.4) is 0 Å². The molecule has 0 saturated carbocycles. The molecule has 12 heteroatoms. The molecule has 0 radical (unpaired) electrons. The molecule has 10 nitrogen and oxygen atoms in total. The quantitative estimate of drug-likeness (QED) is 0.402. The molecule has 0 saturated heterocycles. The van der Waals surface area contributed by atoms with Gasteiger partial charge in [-0.15, -0.1) is 0 Å². The average Bonchev–Trinajstić information content (AvgIpc) is 2.71. The van der Waals surface area contributed by atoms with Gasteiger partial charge < -0.3 is 4.74 Å². The van der Waals surface area contributed by atoms with Gasteiger partial charge in [-0.2, -0.15) is 4.31 Å². The van der Waals surface area contributed by atoms with Crippen molar-refractivity contribution in [2.24, 2.45) is 0 Å². The highest BCUT2D eigenvalue weighted by molar-refractivity contribution is 7.92. The monoisotopic (exact) mass is 485 g/mol. The number of non-ortho nitro benzene ring substituents is 1. The van der Waals surface area contributed by atoms with E-state index in [1.54, 1.807) is 34.6 Å². The van der Waals surface area contributed by atoms with Gasteiger partial charge in [0.1, 0.15) is 5.75 Å². The van der Waals surface area contributed by atoms with Gasteiger partial charge in [0, 0.05) is 25.2 Å². The lowest BCUT2D eigenvalue weighted by atomic mass is 10.1. The Morgan fingerprint density at radius 2 is 1.66 bits per heavy atom. The van der Waals surface area contributed by atoms with Gasteiger partial charge in [0.2, 0.25) is 10.0 Å². The highest BCUT2D eigenvalue weighted by Gasteiger charge is 2.26. The zero-order valence-electron chi connectivity index (χ0n) is 18.6. The summed E-state index contributed by atoms with van der Waals surface area (Å²) >= 11 is 0. The Kier molecular flexibility index (Phi) is 7.86. The molecule has 32 heavy (non-hydrogen) atoms. The number of rotatable bonds is 10. The SMILES string of the molecule is CCOc1ccc(S(=O)(=O)N(CC)CC)cc1NS(=O)(=O)c1cc([N+](=O)[O-])cc(C)c1C. The number of nitrogens with one attached hydrogen (secondary N) is 1. The number of aryl methyl sites for hydroxylation is 1. The van der Waals surface area contributed by atoms with Crippen LogP contribution < -0.4 is 9.46 Å². The number of nitro groups is 1. The van der Waals surface area contributed by atoms with Crippen LogP contribution in [0.1, 0.15) is 31.9 Å². The van der Waals surface area contributed by atoms with Gasteiger partial charge in [-0.25, -0.2) is 16.8 Å². The summed E-state index contributed by atoms with van der Waals surface area (Å²) in [5.74, 6) is 0.134. The van der Waals surface area contributed by atoms with Gasteiger partial charge in [-0.3, -0.25) is 14.8 Å². The number of hydrogen-bond donors (Lipinski definition) is 1. The van der Waals surface area contributed by atoms with Gasteiger partial charge in [-0.05, 0) is 50.1 Å². The predicted molar refractivity (Wildman–Crippen MR) is 121 cm³/mol. The maximum Gasteiger partial charge on any atom is 0.271 e. The molecule has 0 heterocycles. The van der Waals surface area contributed by atoms with Gasteiger partial charge in [0.05, 0.1) is 27.0 Å². The summed E-state index contributed by atoms with van der Waals surface area (Å²) in [6, 6.07) is 6.18. The molecule has 1 N–H and O–H groups in total. The molecule has 0 aliphatic rings. The van der Waals surface area contributed by atoms with E-state index in [1.807, 2.05) is 0 Å². The fourth-order valence-corrected chi connectivity index (χ4v) is 6.02. The van der Waals surface area contributed by atoms with Crippen molar-refractivity contribution in [3.63, 3.8) is 0 Å². The Balaban J connectivity index is 2.64. The van der Waals surface area contributed by atoms with Crippen molar-refractivity contribution in [1.82, 2.24) is 4.31 Å². The van der Waals surface area contributed by atoms with Crippen molar-refractivity contribution >= 4 is 31.4 Å². The van der Waals surface area contributed by atoms with Crippen LogP contribution in [0, 0.1) is 24.0 Å². The van der Waals surface area contributed by atoms with Crippen molar-refractivity contribution in [3.05, 3.63) is 51.6 Å². The van der Waals surface area contributed by atoms with Crippen LogP contribution in [0.2, 0.25) is 0 Å². The first-order valence-corrected chi connectivity index (χ1v) is 12.9. The van der Waals surface area contributed by atoms with Crippen LogP contribution in [0.25, 0.3) is 0 Å². The van der Waals surface area contributed by atoms with Gasteiger partial charge >= 0.3 is 0 Å². The second-order valence-electron chi connectivity index (χ2n) is 6.93. The van der Waals surface area contributed by atoms with E-state index in [2.05, 4.69) is 4.72 Å². The second-order valence-corrected chi connectivity index (χ2v) is 10.5. The molecule has 0 aliphatic carbocycles. The largest absolute Gasteiger partial charge is 0.492 e. The number of ether oxygens (including phenoxy) is 1. The minimum Gasteiger partial charge on any atom is -0.492 e. The maximum atomic E-state index is 13.2. The van der Waals surface area contributed by atoms with E-state index in [0.29, 0.717) is 11.1 Å². The molecular formula is C20H27N3O7S2. The van der Waals surface area contributed by atoms with Crippen LogP contribution >= 0.6 is 0 Å². The molecule has 0 atom stereocenters. The first kappa shape index (κ1) is 25.6. The molecule has 2 aromatic carbocycles. The molecular weight excluding hydrogens is 458 g/mol. The molecule has 0 aromatic heterocycles. The van der Waals surface area contributed by atoms with E-state index >= 15 is 0 Å². The van der Waals surface area contributed by atoms with E-state index in [9.17, 15) is 26.9 Å². The Hall–Kier alpha value is -2.70. The first-order valence-electron chi connectivity index (χ1n) is 9.94. The van der Waals surface area contributed by atoms with E-state index in [0.717, 1.165) is 6.07 Å². The summed E-state index contributed by atoms with van der Waals surface area (Å²) in [6.07, 6.45) is 0. The number of nitro benzene ring substituents is 1. The normalized spacial score (nSPS) is 12.1. The molecule has 176 valence electrons. The Morgan fingerprint density at radius 3 is 2.19 bits per heavy atom. The van der Waals surface area contributed by atoms with Crippen LogP contribution in [0.5, 0.6) is 5.75 Å². The summed E-state index contributed by atoms with van der Waals surface area (Å²) in [4.78, 5) is 10.2. The Morgan fingerprint density at radius 1 is 1.03 bits per heavy atom. The standard InChI is InChI=1S/C20H27N3O7S2/c1-6-22(7-2)32(28,29)17-9-10-19(30-8-3)18(13-17)21-31(26,27)20-12-16(23(24)25)11-14(4)15(20)5/h9-13,21H,6-8H2,1-5H3.